The minimum absolute atomic E-state index is 0. The van der Waals surface area contributed by atoms with E-state index in [0.29, 0.717) is 5.92 Å². The van der Waals surface area contributed by atoms with E-state index in [2.05, 4.69) is 66.0 Å². The summed E-state index contributed by atoms with van der Waals surface area (Å²) in [5.74, 6) is 1.71. The molecule has 24 heavy (non-hydrogen) atoms. The number of hydrogen-bond donors (Lipinski definition) is 1. The van der Waals surface area contributed by atoms with Gasteiger partial charge in [-0.15, -0.1) is 24.0 Å². The first-order valence-corrected chi connectivity index (χ1v) is 8.96. The van der Waals surface area contributed by atoms with Crippen LogP contribution in [0.5, 0.6) is 0 Å². The van der Waals surface area contributed by atoms with Crippen molar-refractivity contribution in [2.24, 2.45) is 18.0 Å². The minimum atomic E-state index is 0. The van der Waals surface area contributed by atoms with Crippen LogP contribution in [0, 0.1) is 5.92 Å². The van der Waals surface area contributed by atoms with Gasteiger partial charge in [0.1, 0.15) is 0 Å². The molecule has 1 unspecified atom stereocenters. The van der Waals surface area contributed by atoms with Gasteiger partial charge in [0.15, 0.2) is 5.96 Å². The number of guanidine groups is 1. The van der Waals surface area contributed by atoms with Crippen LogP contribution in [-0.4, -0.2) is 60.1 Å². The molecule has 2 rings (SSSR count). The summed E-state index contributed by atoms with van der Waals surface area (Å²) in [6.07, 6.45) is 4.71. The van der Waals surface area contributed by atoms with E-state index in [4.69, 9.17) is 4.99 Å². The zero-order valence-electron chi connectivity index (χ0n) is 15.7. The largest absolute Gasteiger partial charge is 0.357 e. The average Bonchev–Trinajstić information content (AvgIpc) is 2.96. The summed E-state index contributed by atoms with van der Waals surface area (Å²) < 4.78 is 2.17. The molecule has 6 heteroatoms. The van der Waals surface area contributed by atoms with Gasteiger partial charge in [0.05, 0.1) is 6.54 Å². The number of likely N-dealkylation sites (tertiary alicyclic amines) is 1. The number of rotatable bonds is 6. The standard InChI is InChI=1S/C18H33N5.HI/c1-5-19-18(22(4)15-17-10-8-11-21(17)3)20-13-16-9-7-12-23(6-2)14-16;/h8,10-11,16H,5-7,9,12-15H2,1-4H3,(H,19,20);1H. The topological polar surface area (TPSA) is 35.8 Å². The van der Waals surface area contributed by atoms with Gasteiger partial charge in [0.2, 0.25) is 0 Å². The maximum Gasteiger partial charge on any atom is 0.194 e. The monoisotopic (exact) mass is 447 g/mol. The molecule has 0 bridgehead atoms. The summed E-state index contributed by atoms with van der Waals surface area (Å²) in [5, 5.41) is 3.43. The summed E-state index contributed by atoms with van der Waals surface area (Å²) in [6.45, 7) is 10.7. The fourth-order valence-electron chi connectivity index (χ4n) is 3.25. The average molecular weight is 447 g/mol. The number of aromatic nitrogens is 1. The van der Waals surface area contributed by atoms with Gasteiger partial charge < -0.3 is 19.7 Å². The Morgan fingerprint density at radius 1 is 1.42 bits per heavy atom. The number of nitrogens with zero attached hydrogens (tertiary/aromatic N) is 4. The quantitative estimate of drug-likeness (QED) is 0.414. The van der Waals surface area contributed by atoms with E-state index in [1.165, 1.54) is 31.6 Å². The minimum Gasteiger partial charge on any atom is -0.357 e. The second-order valence-electron chi connectivity index (χ2n) is 6.56. The van der Waals surface area contributed by atoms with Crippen molar-refractivity contribution in [2.75, 3.05) is 39.8 Å². The number of piperidine rings is 1. The van der Waals surface area contributed by atoms with E-state index >= 15 is 0 Å². The van der Waals surface area contributed by atoms with Gasteiger partial charge in [-0.1, -0.05) is 6.92 Å². The van der Waals surface area contributed by atoms with E-state index in [0.717, 1.165) is 32.1 Å². The van der Waals surface area contributed by atoms with Gasteiger partial charge >= 0.3 is 0 Å². The van der Waals surface area contributed by atoms with Gasteiger partial charge in [0, 0.05) is 45.6 Å². The summed E-state index contributed by atoms with van der Waals surface area (Å²) >= 11 is 0. The third-order valence-electron chi connectivity index (χ3n) is 4.70. The van der Waals surface area contributed by atoms with E-state index in [1.54, 1.807) is 0 Å². The number of hydrogen-bond acceptors (Lipinski definition) is 2. The predicted molar refractivity (Wildman–Crippen MR) is 113 cm³/mol. The maximum absolute atomic E-state index is 4.91. The molecule has 1 N–H and O–H groups in total. The van der Waals surface area contributed by atoms with Crippen LogP contribution in [0.3, 0.4) is 0 Å². The van der Waals surface area contributed by atoms with Crippen molar-refractivity contribution in [2.45, 2.75) is 33.2 Å². The SMILES string of the molecule is CCNC(=NCC1CCCN(CC)C1)N(C)Cc1cccn1C.I. The molecular weight excluding hydrogens is 413 g/mol. The van der Waals surface area contributed by atoms with Gasteiger partial charge in [-0.2, -0.15) is 0 Å². The number of aryl methyl sites for hydroxylation is 1. The zero-order valence-corrected chi connectivity index (χ0v) is 18.0. The van der Waals surface area contributed by atoms with Crippen LogP contribution in [0.2, 0.25) is 0 Å². The van der Waals surface area contributed by atoms with Crippen LogP contribution in [0.4, 0.5) is 0 Å². The number of aliphatic imine (C=N–C) groups is 1. The first-order valence-electron chi connectivity index (χ1n) is 8.96. The van der Waals surface area contributed by atoms with E-state index < -0.39 is 0 Å². The van der Waals surface area contributed by atoms with Gasteiger partial charge in [-0.3, -0.25) is 4.99 Å². The second kappa shape index (κ2) is 11.0. The molecule has 1 aromatic rings. The Morgan fingerprint density at radius 2 is 2.21 bits per heavy atom. The normalized spacial score (nSPS) is 19.0. The van der Waals surface area contributed by atoms with Crippen molar-refractivity contribution in [1.29, 1.82) is 0 Å². The summed E-state index contributed by atoms with van der Waals surface area (Å²) in [5.41, 5.74) is 1.30. The van der Waals surface area contributed by atoms with Gasteiger partial charge in [-0.25, -0.2) is 0 Å². The molecule has 1 aromatic heterocycles. The molecule has 0 spiro atoms. The lowest BCUT2D eigenvalue weighted by Crippen LogP contribution is -2.40. The lowest BCUT2D eigenvalue weighted by Gasteiger charge is -2.31. The van der Waals surface area contributed by atoms with Crippen LogP contribution in [0.1, 0.15) is 32.4 Å². The highest BCUT2D eigenvalue weighted by Crippen LogP contribution is 2.16. The Labute approximate surface area is 164 Å². The third-order valence-corrected chi connectivity index (χ3v) is 4.70. The highest BCUT2D eigenvalue weighted by molar-refractivity contribution is 14.0. The fraction of sp³-hybridized carbons (Fsp3) is 0.722. The van der Waals surface area contributed by atoms with Gasteiger partial charge in [-0.05, 0) is 50.9 Å². The smallest absolute Gasteiger partial charge is 0.194 e. The second-order valence-corrected chi connectivity index (χ2v) is 6.56. The Morgan fingerprint density at radius 3 is 2.83 bits per heavy atom. The first kappa shape index (κ1) is 21.3. The molecule has 5 nitrogen and oxygen atoms in total. The lowest BCUT2D eigenvalue weighted by molar-refractivity contribution is 0.186. The highest BCUT2D eigenvalue weighted by Gasteiger charge is 2.18. The molecule has 0 aliphatic carbocycles. The van der Waals surface area contributed by atoms with E-state index in [-0.39, 0.29) is 24.0 Å². The molecular formula is C18H34IN5. The Kier molecular flexibility index (Phi) is 9.73. The lowest BCUT2D eigenvalue weighted by atomic mass is 9.98. The summed E-state index contributed by atoms with van der Waals surface area (Å²) in [6, 6.07) is 4.26. The molecule has 0 saturated carbocycles. The van der Waals surface area contributed by atoms with Gasteiger partial charge in [0.25, 0.3) is 0 Å². The van der Waals surface area contributed by atoms with Crippen molar-refractivity contribution in [3.05, 3.63) is 24.0 Å². The number of nitrogens with one attached hydrogen (secondary N) is 1. The Bertz CT molecular complexity index is 499. The van der Waals surface area contributed by atoms with Crippen LogP contribution in [-0.2, 0) is 13.6 Å². The Hall–Kier alpha value is -0.760. The molecule has 0 radical (unpaired) electrons. The molecule has 1 saturated heterocycles. The van der Waals surface area contributed by atoms with Crippen molar-refractivity contribution in [1.82, 2.24) is 19.7 Å². The molecule has 1 atom stereocenters. The predicted octanol–water partition coefficient (Wildman–Crippen LogP) is 2.77. The third kappa shape index (κ3) is 6.27. The molecule has 0 amide bonds. The van der Waals surface area contributed by atoms with Crippen LogP contribution in [0.25, 0.3) is 0 Å². The zero-order chi connectivity index (χ0) is 16.7. The first-order chi connectivity index (χ1) is 11.1. The van der Waals surface area contributed by atoms with Crippen molar-refractivity contribution in [3.8, 4) is 0 Å². The van der Waals surface area contributed by atoms with Crippen LogP contribution >= 0.6 is 24.0 Å². The van der Waals surface area contributed by atoms with Crippen LogP contribution < -0.4 is 5.32 Å². The highest BCUT2D eigenvalue weighted by atomic mass is 127. The van der Waals surface area contributed by atoms with E-state index in [9.17, 15) is 0 Å². The molecule has 1 aliphatic heterocycles. The summed E-state index contributed by atoms with van der Waals surface area (Å²) in [4.78, 5) is 9.68. The molecule has 1 aliphatic rings. The Balaban J connectivity index is 0.00000288. The fourth-order valence-corrected chi connectivity index (χ4v) is 3.25. The van der Waals surface area contributed by atoms with Crippen molar-refractivity contribution in [3.63, 3.8) is 0 Å². The number of halogens is 1. The van der Waals surface area contributed by atoms with E-state index in [1.807, 2.05) is 0 Å². The molecule has 138 valence electrons. The van der Waals surface area contributed by atoms with Crippen LogP contribution in [0.15, 0.2) is 23.3 Å². The molecule has 0 aromatic carbocycles. The summed E-state index contributed by atoms with van der Waals surface area (Å²) in [7, 11) is 4.21. The van der Waals surface area contributed by atoms with Crippen molar-refractivity contribution < 1.29 is 0 Å². The molecule has 2 heterocycles. The maximum atomic E-state index is 4.91. The van der Waals surface area contributed by atoms with Crippen molar-refractivity contribution >= 4 is 29.9 Å². The molecule has 1 fully saturated rings.